The van der Waals surface area contributed by atoms with Gasteiger partial charge in [-0.25, -0.2) is 8.42 Å². The minimum atomic E-state index is -3.48. The van der Waals surface area contributed by atoms with Gasteiger partial charge in [0.1, 0.15) is 0 Å². The fourth-order valence-electron chi connectivity index (χ4n) is 4.49. The summed E-state index contributed by atoms with van der Waals surface area (Å²) in [6.07, 6.45) is 3.32. The van der Waals surface area contributed by atoms with Crippen molar-refractivity contribution >= 4 is 15.9 Å². The summed E-state index contributed by atoms with van der Waals surface area (Å²) in [7, 11) is -3.48. The van der Waals surface area contributed by atoms with Gasteiger partial charge in [-0.1, -0.05) is 26.0 Å². The topological polar surface area (TPSA) is 60.9 Å². The molecule has 1 aromatic carbocycles. The Morgan fingerprint density at radius 1 is 1.00 bits per heavy atom. The zero-order valence-corrected chi connectivity index (χ0v) is 19.0. The molecule has 0 aliphatic carbocycles. The number of hydrogen-bond acceptors (Lipinski definition) is 4. The SMILES string of the molecule is CC(C)c1ccc(S(=O)(=O)N2CCN(CC(=O)N3[C@@H](C)CCC[C@@H]3C)CC2)cc1. The zero-order chi connectivity index (χ0) is 21.2. The van der Waals surface area contributed by atoms with Gasteiger partial charge in [0, 0.05) is 38.3 Å². The molecule has 2 fully saturated rings. The van der Waals surface area contributed by atoms with E-state index < -0.39 is 10.0 Å². The van der Waals surface area contributed by atoms with Crippen LogP contribution in [0.1, 0.15) is 58.4 Å². The number of piperazine rings is 1. The van der Waals surface area contributed by atoms with E-state index in [4.69, 9.17) is 0 Å². The smallest absolute Gasteiger partial charge is 0.243 e. The van der Waals surface area contributed by atoms with E-state index in [1.54, 1.807) is 16.4 Å². The predicted molar refractivity (Wildman–Crippen MR) is 115 cm³/mol. The molecule has 1 aromatic rings. The first-order valence-electron chi connectivity index (χ1n) is 10.8. The van der Waals surface area contributed by atoms with Gasteiger partial charge in [0.15, 0.2) is 0 Å². The summed E-state index contributed by atoms with van der Waals surface area (Å²) in [6.45, 7) is 10.8. The van der Waals surface area contributed by atoms with E-state index in [1.807, 2.05) is 17.0 Å². The summed E-state index contributed by atoms with van der Waals surface area (Å²) in [6, 6.07) is 7.80. The molecule has 162 valence electrons. The van der Waals surface area contributed by atoms with Gasteiger partial charge in [0.2, 0.25) is 15.9 Å². The minimum Gasteiger partial charge on any atom is -0.336 e. The van der Waals surface area contributed by atoms with E-state index in [9.17, 15) is 13.2 Å². The number of carbonyl (C=O) groups is 1. The summed E-state index contributed by atoms with van der Waals surface area (Å²) >= 11 is 0. The Balaban J connectivity index is 1.57. The lowest BCUT2D eigenvalue weighted by molar-refractivity contribution is -0.138. The van der Waals surface area contributed by atoms with Crippen molar-refractivity contribution in [3.05, 3.63) is 29.8 Å². The van der Waals surface area contributed by atoms with Crippen LogP contribution in [0.5, 0.6) is 0 Å². The molecule has 1 amide bonds. The van der Waals surface area contributed by atoms with Crippen molar-refractivity contribution in [2.75, 3.05) is 32.7 Å². The molecule has 7 heteroatoms. The predicted octanol–water partition coefficient (Wildman–Crippen LogP) is 2.91. The molecule has 0 unspecified atom stereocenters. The van der Waals surface area contributed by atoms with Crippen molar-refractivity contribution in [1.29, 1.82) is 0 Å². The maximum Gasteiger partial charge on any atom is 0.243 e. The Morgan fingerprint density at radius 2 is 1.55 bits per heavy atom. The van der Waals surface area contributed by atoms with Crippen molar-refractivity contribution in [3.63, 3.8) is 0 Å². The molecule has 0 saturated carbocycles. The van der Waals surface area contributed by atoms with E-state index >= 15 is 0 Å². The highest BCUT2D eigenvalue weighted by Gasteiger charge is 2.32. The highest BCUT2D eigenvalue weighted by atomic mass is 32.2. The highest BCUT2D eigenvalue weighted by Crippen LogP contribution is 2.24. The lowest BCUT2D eigenvalue weighted by atomic mass is 9.97. The van der Waals surface area contributed by atoms with Gasteiger partial charge in [0.05, 0.1) is 11.4 Å². The monoisotopic (exact) mass is 421 g/mol. The van der Waals surface area contributed by atoms with Crippen LogP contribution in [0.25, 0.3) is 0 Å². The number of likely N-dealkylation sites (tertiary alicyclic amines) is 1. The van der Waals surface area contributed by atoms with Crippen molar-refractivity contribution in [1.82, 2.24) is 14.1 Å². The van der Waals surface area contributed by atoms with Crippen LogP contribution in [0, 0.1) is 0 Å². The first-order chi connectivity index (χ1) is 13.7. The standard InChI is InChI=1S/C22H35N3O3S/c1-17(2)20-8-10-21(11-9-20)29(27,28)24-14-12-23(13-15-24)16-22(26)25-18(3)6-5-7-19(25)4/h8-11,17-19H,5-7,12-16H2,1-4H3/t18-,19-/m0/s1. The fourth-order valence-corrected chi connectivity index (χ4v) is 5.91. The molecular weight excluding hydrogens is 386 g/mol. The van der Waals surface area contributed by atoms with E-state index in [0.717, 1.165) is 18.4 Å². The number of nitrogens with zero attached hydrogens (tertiary/aromatic N) is 3. The number of amides is 1. The van der Waals surface area contributed by atoms with Gasteiger partial charge < -0.3 is 4.90 Å². The van der Waals surface area contributed by atoms with Gasteiger partial charge in [-0.3, -0.25) is 9.69 Å². The van der Waals surface area contributed by atoms with Crippen LogP contribution in [-0.4, -0.2) is 73.2 Å². The molecule has 29 heavy (non-hydrogen) atoms. The number of piperidine rings is 1. The molecule has 2 aliphatic heterocycles. The molecule has 6 nitrogen and oxygen atoms in total. The van der Waals surface area contributed by atoms with Crippen LogP contribution in [-0.2, 0) is 14.8 Å². The van der Waals surface area contributed by atoms with Crippen LogP contribution in [0.4, 0.5) is 0 Å². The summed E-state index contributed by atoms with van der Waals surface area (Å²) in [5, 5.41) is 0. The number of carbonyl (C=O) groups excluding carboxylic acids is 1. The molecule has 0 bridgehead atoms. The number of rotatable bonds is 5. The second-order valence-electron chi connectivity index (χ2n) is 8.83. The van der Waals surface area contributed by atoms with Crippen LogP contribution in [0.3, 0.4) is 0 Å². The van der Waals surface area contributed by atoms with Gasteiger partial charge in [-0.05, 0) is 56.7 Å². The number of benzene rings is 1. The average molecular weight is 422 g/mol. The Morgan fingerprint density at radius 3 is 2.07 bits per heavy atom. The van der Waals surface area contributed by atoms with Gasteiger partial charge in [-0.15, -0.1) is 0 Å². The molecule has 2 saturated heterocycles. The van der Waals surface area contributed by atoms with Crippen molar-refractivity contribution in [2.24, 2.45) is 0 Å². The Bertz CT molecular complexity index is 789. The molecule has 0 N–H and O–H groups in total. The molecule has 2 atom stereocenters. The van der Waals surface area contributed by atoms with Crippen molar-refractivity contribution in [3.8, 4) is 0 Å². The molecule has 3 rings (SSSR count). The third-order valence-corrected chi connectivity index (χ3v) is 8.27. The van der Waals surface area contributed by atoms with Crippen LogP contribution in [0.2, 0.25) is 0 Å². The Kier molecular flexibility index (Phi) is 7.02. The third-order valence-electron chi connectivity index (χ3n) is 6.36. The maximum absolute atomic E-state index is 13.0. The number of sulfonamides is 1. The van der Waals surface area contributed by atoms with Gasteiger partial charge >= 0.3 is 0 Å². The second-order valence-corrected chi connectivity index (χ2v) is 10.8. The van der Waals surface area contributed by atoms with Crippen LogP contribution >= 0.6 is 0 Å². The fraction of sp³-hybridized carbons (Fsp3) is 0.682. The molecule has 0 spiro atoms. The van der Waals surface area contributed by atoms with Gasteiger partial charge in [0.25, 0.3) is 0 Å². The van der Waals surface area contributed by atoms with Crippen molar-refractivity contribution < 1.29 is 13.2 Å². The highest BCUT2D eigenvalue weighted by molar-refractivity contribution is 7.89. The van der Waals surface area contributed by atoms with Crippen LogP contribution in [0.15, 0.2) is 29.2 Å². The van der Waals surface area contributed by atoms with Gasteiger partial charge in [-0.2, -0.15) is 4.31 Å². The number of hydrogen-bond donors (Lipinski definition) is 0. The first-order valence-corrected chi connectivity index (χ1v) is 12.3. The molecule has 2 aliphatic rings. The Labute approximate surface area is 175 Å². The quantitative estimate of drug-likeness (QED) is 0.733. The lowest BCUT2D eigenvalue weighted by Crippen LogP contribution is -2.54. The lowest BCUT2D eigenvalue weighted by Gasteiger charge is -2.41. The third kappa shape index (κ3) is 5.01. The summed E-state index contributed by atoms with van der Waals surface area (Å²) in [4.78, 5) is 17.3. The van der Waals surface area contributed by atoms with E-state index in [-0.39, 0.29) is 5.91 Å². The summed E-state index contributed by atoms with van der Waals surface area (Å²) < 4.78 is 27.5. The van der Waals surface area contributed by atoms with E-state index in [2.05, 4.69) is 32.6 Å². The molecule has 0 radical (unpaired) electrons. The van der Waals surface area contributed by atoms with E-state index in [0.29, 0.717) is 55.6 Å². The minimum absolute atomic E-state index is 0.172. The molecule has 0 aromatic heterocycles. The summed E-state index contributed by atoms with van der Waals surface area (Å²) in [5.74, 6) is 0.545. The normalized spacial score (nSPS) is 24.8. The van der Waals surface area contributed by atoms with E-state index in [1.165, 1.54) is 6.42 Å². The second kappa shape index (κ2) is 9.14. The molecular formula is C22H35N3O3S. The maximum atomic E-state index is 13.0. The summed E-state index contributed by atoms with van der Waals surface area (Å²) in [5.41, 5.74) is 1.13. The first kappa shape index (κ1) is 22.2. The van der Waals surface area contributed by atoms with Crippen LogP contribution < -0.4 is 0 Å². The molecule has 2 heterocycles. The Hall–Kier alpha value is -1.44. The zero-order valence-electron chi connectivity index (χ0n) is 18.2. The van der Waals surface area contributed by atoms with Crippen molar-refractivity contribution in [2.45, 2.75) is 69.9 Å². The average Bonchev–Trinajstić information content (AvgIpc) is 2.68. The largest absolute Gasteiger partial charge is 0.336 e.